The summed E-state index contributed by atoms with van der Waals surface area (Å²) >= 11 is 0. The molecule has 0 aromatic heterocycles. The molecule has 2 nitrogen and oxygen atoms in total. The first-order chi connectivity index (χ1) is 7.63. The largest absolute Gasteiger partial charge is 0.330 e. The minimum Gasteiger partial charge on any atom is -0.330 e. The molecule has 1 aliphatic heterocycles. The van der Waals surface area contributed by atoms with Gasteiger partial charge in [-0.2, -0.15) is 0 Å². The Morgan fingerprint density at radius 3 is 2.88 bits per heavy atom. The van der Waals surface area contributed by atoms with Crippen LogP contribution in [-0.4, -0.2) is 25.0 Å². The van der Waals surface area contributed by atoms with Crippen LogP contribution in [0.2, 0.25) is 0 Å². The molecule has 1 saturated heterocycles. The van der Waals surface area contributed by atoms with Crippen molar-refractivity contribution < 1.29 is 4.39 Å². The van der Waals surface area contributed by atoms with E-state index in [0.717, 1.165) is 30.6 Å². The molecule has 2 N–H and O–H groups in total. The van der Waals surface area contributed by atoms with Crippen molar-refractivity contribution in [2.75, 3.05) is 20.1 Å². The first kappa shape index (κ1) is 11.6. The van der Waals surface area contributed by atoms with Crippen molar-refractivity contribution in [3.05, 3.63) is 35.1 Å². The van der Waals surface area contributed by atoms with Crippen molar-refractivity contribution in [2.24, 2.45) is 11.7 Å². The molecule has 2 rings (SSSR count). The Hall–Kier alpha value is -0.930. The minimum atomic E-state index is -0.109. The molecule has 0 aliphatic carbocycles. The summed E-state index contributed by atoms with van der Waals surface area (Å²) < 4.78 is 13.5. The number of benzene rings is 1. The molecule has 1 aromatic rings. The third-order valence-electron chi connectivity index (χ3n) is 3.64. The average molecular weight is 222 g/mol. The van der Waals surface area contributed by atoms with Gasteiger partial charge in [0.15, 0.2) is 0 Å². The number of likely N-dealkylation sites (tertiary alicyclic amines) is 1. The van der Waals surface area contributed by atoms with E-state index in [9.17, 15) is 4.39 Å². The van der Waals surface area contributed by atoms with E-state index in [1.54, 1.807) is 6.07 Å². The normalized spacial score (nSPS) is 26.2. The number of nitrogens with two attached hydrogens (primary N) is 1. The average Bonchev–Trinajstić information content (AvgIpc) is 2.64. The van der Waals surface area contributed by atoms with E-state index in [0.29, 0.717) is 12.0 Å². The monoisotopic (exact) mass is 222 g/mol. The van der Waals surface area contributed by atoms with Crippen molar-refractivity contribution in [3.8, 4) is 0 Å². The Balaban J connectivity index is 2.28. The van der Waals surface area contributed by atoms with Gasteiger partial charge in [0.05, 0.1) is 0 Å². The van der Waals surface area contributed by atoms with Gasteiger partial charge in [0.2, 0.25) is 0 Å². The molecule has 0 spiro atoms. The summed E-state index contributed by atoms with van der Waals surface area (Å²) in [4.78, 5) is 2.28. The summed E-state index contributed by atoms with van der Waals surface area (Å²) in [6, 6.07) is 5.66. The Labute approximate surface area is 96.2 Å². The minimum absolute atomic E-state index is 0.109. The standard InChI is InChI=1S/C13H19FN2/c1-9-11(4-3-5-12(9)14)13-6-10(7-15)8-16(13)2/h3-5,10,13H,6-8,15H2,1-2H3. The molecule has 0 saturated carbocycles. The number of halogens is 1. The van der Waals surface area contributed by atoms with Gasteiger partial charge in [-0.1, -0.05) is 12.1 Å². The first-order valence-corrected chi connectivity index (χ1v) is 5.78. The van der Waals surface area contributed by atoms with Crippen molar-refractivity contribution in [2.45, 2.75) is 19.4 Å². The van der Waals surface area contributed by atoms with E-state index in [-0.39, 0.29) is 5.82 Å². The van der Waals surface area contributed by atoms with E-state index in [2.05, 4.69) is 11.9 Å². The van der Waals surface area contributed by atoms with Crippen LogP contribution in [0.3, 0.4) is 0 Å². The van der Waals surface area contributed by atoms with Crippen LogP contribution in [0, 0.1) is 18.7 Å². The summed E-state index contributed by atoms with van der Waals surface area (Å²) in [5, 5.41) is 0. The number of nitrogens with zero attached hydrogens (tertiary/aromatic N) is 1. The maximum Gasteiger partial charge on any atom is 0.126 e. The molecule has 1 fully saturated rings. The lowest BCUT2D eigenvalue weighted by molar-refractivity contribution is 0.312. The van der Waals surface area contributed by atoms with Gasteiger partial charge in [-0.05, 0) is 50.0 Å². The van der Waals surface area contributed by atoms with Crippen LogP contribution in [0.15, 0.2) is 18.2 Å². The van der Waals surface area contributed by atoms with E-state index in [1.165, 1.54) is 6.07 Å². The molecule has 2 atom stereocenters. The Morgan fingerprint density at radius 2 is 2.25 bits per heavy atom. The molecule has 1 aromatic carbocycles. The lowest BCUT2D eigenvalue weighted by atomic mass is 9.96. The maximum absolute atomic E-state index is 13.5. The Morgan fingerprint density at radius 1 is 1.50 bits per heavy atom. The summed E-state index contributed by atoms with van der Waals surface area (Å²) in [5.41, 5.74) is 7.59. The maximum atomic E-state index is 13.5. The van der Waals surface area contributed by atoms with Crippen LogP contribution < -0.4 is 5.73 Å². The van der Waals surface area contributed by atoms with Gasteiger partial charge in [0.25, 0.3) is 0 Å². The summed E-state index contributed by atoms with van der Waals surface area (Å²) in [5.74, 6) is 0.430. The summed E-state index contributed by atoms with van der Waals surface area (Å²) in [7, 11) is 2.09. The van der Waals surface area contributed by atoms with E-state index >= 15 is 0 Å². The molecule has 0 bridgehead atoms. The lowest BCUT2D eigenvalue weighted by Gasteiger charge is -2.21. The van der Waals surface area contributed by atoms with Crippen LogP contribution in [0.25, 0.3) is 0 Å². The third-order valence-corrected chi connectivity index (χ3v) is 3.64. The molecule has 1 aliphatic rings. The highest BCUT2D eigenvalue weighted by atomic mass is 19.1. The zero-order chi connectivity index (χ0) is 11.7. The van der Waals surface area contributed by atoms with Gasteiger partial charge in [0.1, 0.15) is 5.82 Å². The van der Waals surface area contributed by atoms with Gasteiger partial charge in [-0.3, -0.25) is 4.90 Å². The van der Waals surface area contributed by atoms with E-state index < -0.39 is 0 Å². The van der Waals surface area contributed by atoms with E-state index in [1.807, 2.05) is 13.0 Å². The van der Waals surface area contributed by atoms with Gasteiger partial charge in [-0.25, -0.2) is 4.39 Å². The molecule has 0 radical (unpaired) electrons. The van der Waals surface area contributed by atoms with Crippen LogP contribution in [-0.2, 0) is 0 Å². The molecular formula is C13H19FN2. The molecule has 0 amide bonds. The topological polar surface area (TPSA) is 29.3 Å². The quantitative estimate of drug-likeness (QED) is 0.830. The van der Waals surface area contributed by atoms with Crippen molar-refractivity contribution >= 4 is 0 Å². The molecule has 3 heteroatoms. The number of hydrogen-bond donors (Lipinski definition) is 1. The highest BCUT2D eigenvalue weighted by Crippen LogP contribution is 2.35. The zero-order valence-corrected chi connectivity index (χ0v) is 9.91. The van der Waals surface area contributed by atoms with Crippen LogP contribution in [0.5, 0.6) is 0 Å². The third kappa shape index (κ3) is 1.97. The predicted octanol–water partition coefficient (Wildman–Crippen LogP) is 2.09. The number of rotatable bonds is 2. The fourth-order valence-electron chi connectivity index (χ4n) is 2.63. The summed E-state index contributed by atoms with van der Waals surface area (Å²) in [6.45, 7) is 3.58. The molecule has 1 heterocycles. The van der Waals surface area contributed by atoms with Crippen molar-refractivity contribution in [3.63, 3.8) is 0 Å². The highest BCUT2D eigenvalue weighted by molar-refractivity contribution is 5.31. The van der Waals surface area contributed by atoms with Crippen LogP contribution >= 0.6 is 0 Å². The fraction of sp³-hybridized carbons (Fsp3) is 0.538. The van der Waals surface area contributed by atoms with Gasteiger partial charge in [0, 0.05) is 12.6 Å². The van der Waals surface area contributed by atoms with Crippen molar-refractivity contribution in [1.29, 1.82) is 0 Å². The molecule has 2 unspecified atom stereocenters. The van der Waals surface area contributed by atoms with Crippen molar-refractivity contribution in [1.82, 2.24) is 4.90 Å². The SMILES string of the molecule is Cc1c(F)cccc1C1CC(CN)CN1C. The van der Waals surface area contributed by atoms with Crippen LogP contribution in [0.1, 0.15) is 23.6 Å². The summed E-state index contributed by atoms with van der Waals surface area (Å²) in [6.07, 6.45) is 1.04. The molecule has 88 valence electrons. The van der Waals surface area contributed by atoms with Gasteiger partial charge < -0.3 is 5.73 Å². The second-order valence-corrected chi connectivity index (χ2v) is 4.75. The lowest BCUT2D eigenvalue weighted by Crippen LogP contribution is -2.21. The number of hydrogen-bond acceptors (Lipinski definition) is 2. The van der Waals surface area contributed by atoms with Crippen LogP contribution in [0.4, 0.5) is 4.39 Å². The van der Waals surface area contributed by atoms with E-state index in [4.69, 9.17) is 5.73 Å². The van der Waals surface area contributed by atoms with Gasteiger partial charge in [-0.15, -0.1) is 0 Å². The Bertz CT molecular complexity index is 378. The fourth-order valence-corrected chi connectivity index (χ4v) is 2.63. The molecular weight excluding hydrogens is 203 g/mol. The Kier molecular flexibility index (Phi) is 3.26. The predicted molar refractivity (Wildman–Crippen MR) is 63.7 cm³/mol. The van der Waals surface area contributed by atoms with Gasteiger partial charge >= 0.3 is 0 Å². The smallest absolute Gasteiger partial charge is 0.126 e. The zero-order valence-electron chi connectivity index (χ0n) is 9.91. The first-order valence-electron chi connectivity index (χ1n) is 5.78. The highest BCUT2D eigenvalue weighted by Gasteiger charge is 2.30. The second kappa shape index (κ2) is 4.52. The second-order valence-electron chi connectivity index (χ2n) is 4.75. The molecule has 16 heavy (non-hydrogen) atoms.